The minimum Gasteiger partial charge on any atom is -0.445 e. The molecule has 1 fully saturated rings. The molecule has 1 aromatic rings. The predicted molar refractivity (Wildman–Crippen MR) is 84.2 cm³/mol. The van der Waals surface area contributed by atoms with Gasteiger partial charge in [-0.1, -0.05) is 50.1 Å². The smallest absolute Gasteiger partial charge is 0.407 e. The molecule has 0 aliphatic heterocycles. The van der Waals surface area contributed by atoms with Gasteiger partial charge in [0.2, 0.25) is 5.91 Å². The summed E-state index contributed by atoms with van der Waals surface area (Å²) in [5, 5.41) is 5.47. The number of carbonyl (C=O) groups excluding carboxylic acids is 2. The molecule has 2 atom stereocenters. The van der Waals surface area contributed by atoms with Crippen molar-refractivity contribution < 1.29 is 14.3 Å². The number of hydrogen-bond donors (Lipinski definition) is 2. The van der Waals surface area contributed by atoms with Gasteiger partial charge in [-0.2, -0.15) is 0 Å². The monoisotopic (exact) mass is 304 g/mol. The van der Waals surface area contributed by atoms with Gasteiger partial charge in [-0.15, -0.1) is 0 Å². The minimum absolute atomic E-state index is 0.0448. The first-order chi connectivity index (χ1) is 10.6. The molecule has 1 aliphatic carbocycles. The van der Waals surface area contributed by atoms with Gasteiger partial charge in [0.25, 0.3) is 0 Å². The van der Waals surface area contributed by atoms with Crippen molar-refractivity contribution in [1.29, 1.82) is 0 Å². The third-order valence-corrected chi connectivity index (χ3v) is 4.06. The largest absolute Gasteiger partial charge is 0.445 e. The van der Waals surface area contributed by atoms with Crippen LogP contribution in [0.15, 0.2) is 30.3 Å². The molecule has 120 valence electrons. The Balaban J connectivity index is 1.64. The topological polar surface area (TPSA) is 67.4 Å². The maximum atomic E-state index is 11.9. The second-order valence-corrected chi connectivity index (χ2v) is 5.85. The molecule has 0 radical (unpaired) electrons. The van der Waals surface area contributed by atoms with Crippen LogP contribution in [0.1, 0.15) is 38.2 Å². The van der Waals surface area contributed by atoms with Crippen molar-refractivity contribution >= 4 is 12.0 Å². The number of nitrogens with one attached hydrogen (secondary N) is 2. The summed E-state index contributed by atoms with van der Waals surface area (Å²) in [5.41, 5.74) is 0.915. The van der Waals surface area contributed by atoms with Gasteiger partial charge in [0.15, 0.2) is 0 Å². The first kappa shape index (κ1) is 16.3. The van der Waals surface area contributed by atoms with Gasteiger partial charge in [0.05, 0.1) is 0 Å². The van der Waals surface area contributed by atoms with E-state index in [1.165, 1.54) is 6.42 Å². The number of alkyl carbamates (subject to hydrolysis) is 1. The lowest BCUT2D eigenvalue weighted by Gasteiger charge is -2.29. The van der Waals surface area contributed by atoms with Crippen LogP contribution < -0.4 is 10.6 Å². The average Bonchev–Trinajstić information content (AvgIpc) is 2.54. The fourth-order valence-electron chi connectivity index (χ4n) is 2.72. The SMILES string of the molecule is C[C@H]1CCCC[C@@H]1NC(=O)CNC(=O)OCc1ccccc1. The highest BCUT2D eigenvalue weighted by Crippen LogP contribution is 2.23. The summed E-state index contributed by atoms with van der Waals surface area (Å²) < 4.78 is 5.06. The highest BCUT2D eigenvalue weighted by atomic mass is 16.5. The molecule has 2 amide bonds. The Morgan fingerprint density at radius 1 is 1.18 bits per heavy atom. The van der Waals surface area contributed by atoms with Crippen LogP contribution in [0, 0.1) is 5.92 Å². The highest BCUT2D eigenvalue weighted by Gasteiger charge is 2.22. The van der Waals surface area contributed by atoms with Crippen LogP contribution in [0.3, 0.4) is 0 Å². The van der Waals surface area contributed by atoms with Crippen molar-refractivity contribution in [2.45, 2.75) is 45.3 Å². The number of rotatable bonds is 5. The molecule has 0 spiro atoms. The third kappa shape index (κ3) is 5.39. The Bertz CT molecular complexity index is 490. The van der Waals surface area contributed by atoms with Crippen LogP contribution in [-0.4, -0.2) is 24.6 Å². The zero-order valence-electron chi connectivity index (χ0n) is 13.0. The molecule has 1 saturated carbocycles. The summed E-state index contributed by atoms with van der Waals surface area (Å²) in [7, 11) is 0. The van der Waals surface area contributed by atoms with Gasteiger partial charge in [0.1, 0.15) is 13.2 Å². The van der Waals surface area contributed by atoms with Gasteiger partial charge in [-0.05, 0) is 24.3 Å². The van der Waals surface area contributed by atoms with Crippen molar-refractivity contribution in [3.8, 4) is 0 Å². The van der Waals surface area contributed by atoms with E-state index >= 15 is 0 Å². The Morgan fingerprint density at radius 2 is 1.91 bits per heavy atom. The van der Waals surface area contributed by atoms with E-state index in [0.29, 0.717) is 5.92 Å². The molecule has 2 rings (SSSR count). The molecule has 5 nitrogen and oxygen atoms in total. The third-order valence-electron chi connectivity index (χ3n) is 4.06. The molecule has 0 unspecified atom stereocenters. The Kier molecular flexibility index (Phi) is 6.25. The fraction of sp³-hybridized carbons (Fsp3) is 0.529. The average molecular weight is 304 g/mol. The quantitative estimate of drug-likeness (QED) is 0.878. The van der Waals surface area contributed by atoms with E-state index in [1.54, 1.807) is 0 Å². The molecule has 1 aromatic carbocycles. The lowest BCUT2D eigenvalue weighted by Crippen LogP contribution is -2.45. The number of carbonyl (C=O) groups is 2. The van der Waals surface area contributed by atoms with Crippen molar-refractivity contribution in [2.24, 2.45) is 5.92 Å². The molecule has 0 saturated heterocycles. The second kappa shape index (κ2) is 8.41. The van der Waals surface area contributed by atoms with Crippen LogP contribution in [0.5, 0.6) is 0 Å². The normalized spacial score (nSPS) is 21.0. The van der Waals surface area contributed by atoms with E-state index in [1.807, 2.05) is 30.3 Å². The molecule has 1 aliphatic rings. The summed E-state index contributed by atoms with van der Waals surface area (Å²) in [5.74, 6) is 0.346. The predicted octanol–water partition coefficient (Wildman–Crippen LogP) is 2.61. The van der Waals surface area contributed by atoms with Crippen molar-refractivity contribution in [3.63, 3.8) is 0 Å². The molecule has 5 heteroatoms. The number of hydrogen-bond acceptors (Lipinski definition) is 3. The van der Waals surface area contributed by atoms with Crippen LogP contribution in [0.25, 0.3) is 0 Å². The fourth-order valence-corrected chi connectivity index (χ4v) is 2.72. The molecule has 0 heterocycles. The molecule has 0 aromatic heterocycles. The van der Waals surface area contributed by atoms with Gasteiger partial charge >= 0.3 is 6.09 Å². The van der Waals surface area contributed by atoms with Crippen molar-refractivity contribution in [2.75, 3.05) is 6.54 Å². The second-order valence-electron chi connectivity index (χ2n) is 5.85. The Morgan fingerprint density at radius 3 is 2.64 bits per heavy atom. The van der Waals surface area contributed by atoms with E-state index < -0.39 is 6.09 Å². The van der Waals surface area contributed by atoms with E-state index in [4.69, 9.17) is 4.74 Å². The van der Waals surface area contributed by atoms with E-state index in [-0.39, 0.29) is 25.1 Å². The molecular weight excluding hydrogens is 280 g/mol. The standard InChI is InChI=1S/C17H24N2O3/c1-13-7-5-6-10-15(13)19-16(20)11-18-17(21)22-12-14-8-3-2-4-9-14/h2-4,8-9,13,15H,5-7,10-12H2,1H3,(H,18,21)(H,19,20)/t13-,15-/m0/s1. The Labute approximate surface area is 131 Å². The minimum atomic E-state index is -0.573. The maximum absolute atomic E-state index is 11.9. The summed E-state index contributed by atoms with van der Waals surface area (Å²) in [6, 6.07) is 9.66. The van der Waals surface area contributed by atoms with E-state index in [0.717, 1.165) is 24.8 Å². The molecule has 2 N–H and O–H groups in total. The number of benzene rings is 1. The summed E-state index contributed by atoms with van der Waals surface area (Å²) in [6.45, 7) is 2.32. The van der Waals surface area contributed by atoms with Crippen LogP contribution >= 0.6 is 0 Å². The summed E-state index contributed by atoms with van der Waals surface area (Å²) in [6.07, 6.45) is 3.98. The zero-order valence-corrected chi connectivity index (χ0v) is 13.0. The first-order valence-electron chi connectivity index (χ1n) is 7.89. The van der Waals surface area contributed by atoms with Crippen LogP contribution in [0.2, 0.25) is 0 Å². The summed E-state index contributed by atoms with van der Waals surface area (Å²) in [4.78, 5) is 23.4. The van der Waals surface area contributed by atoms with Gasteiger partial charge in [0, 0.05) is 6.04 Å². The maximum Gasteiger partial charge on any atom is 0.407 e. The number of ether oxygens (including phenoxy) is 1. The lowest BCUT2D eigenvalue weighted by atomic mass is 9.86. The first-order valence-corrected chi connectivity index (χ1v) is 7.89. The molecule has 0 bridgehead atoms. The Hall–Kier alpha value is -2.04. The van der Waals surface area contributed by atoms with E-state index in [2.05, 4.69) is 17.6 Å². The van der Waals surface area contributed by atoms with Gasteiger partial charge < -0.3 is 15.4 Å². The van der Waals surface area contributed by atoms with Gasteiger partial charge in [-0.25, -0.2) is 4.79 Å². The van der Waals surface area contributed by atoms with E-state index in [9.17, 15) is 9.59 Å². The molecular formula is C17H24N2O3. The van der Waals surface area contributed by atoms with Gasteiger partial charge in [-0.3, -0.25) is 4.79 Å². The van der Waals surface area contributed by atoms with Crippen LogP contribution in [0.4, 0.5) is 4.79 Å². The van der Waals surface area contributed by atoms with Crippen molar-refractivity contribution in [3.05, 3.63) is 35.9 Å². The summed E-state index contributed by atoms with van der Waals surface area (Å²) >= 11 is 0. The van der Waals surface area contributed by atoms with Crippen LogP contribution in [-0.2, 0) is 16.1 Å². The lowest BCUT2D eigenvalue weighted by molar-refractivity contribution is -0.121. The van der Waals surface area contributed by atoms with Crippen molar-refractivity contribution in [1.82, 2.24) is 10.6 Å². The zero-order chi connectivity index (χ0) is 15.8. The number of amides is 2. The molecule has 22 heavy (non-hydrogen) atoms. The highest BCUT2D eigenvalue weighted by molar-refractivity contribution is 5.82.